The van der Waals surface area contributed by atoms with Gasteiger partial charge < -0.3 is 9.72 Å². The molecule has 1 aromatic carbocycles. The van der Waals surface area contributed by atoms with E-state index in [4.69, 9.17) is 4.74 Å². The highest BCUT2D eigenvalue weighted by molar-refractivity contribution is 5.28. The zero-order chi connectivity index (χ0) is 22.0. The van der Waals surface area contributed by atoms with Crippen LogP contribution in [-0.2, 0) is 19.4 Å². The van der Waals surface area contributed by atoms with Gasteiger partial charge in [0.05, 0.1) is 6.61 Å². The number of aryl methyl sites for hydroxylation is 1. The van der Waals surface area contributed by atoms with Gasteiger partial charge in [-0.1, -0.05) is 24.6 Å². The first kappa shape index (κ1) is 22.2. The number of nitrogens with zero attached hydrogens (tertiary/aromatic N) is 3. The van der Waals surface area contributed by atoms with Gasteiger partial charge in [-0.15, -0.1) is 0 Å². The van der Waals surface area contributed by atoms with E-state index in [-0.39, 0.29) is 5.56 Å². The fraction of sp³-hybridized carbons (Fsp3) is 0.423. The van der Waals surface area contributed by atoms with E-state index in [9.17, 15) is 4.79 Å². The molecule has 6 heteroatoms. The van der Waals surface area contributed by atoms with Crippen LogP contribution < -0.4 is 10.3 Å². The largest absolute Gasteiger partial charge is 0.494 e. The van der Waals surface area contributed by atoms with Crippen LogP contribution in [0.5, 0.6) is 5.75 Å². The van der Waals surface area contributed by atoms with Crippen molar-refractivity contribution in [2.75, 3.05) is 19.7 Å². The summed E-state index contributed by atoms with van der Waals surface area (Å²) in [6.07, 6.45) is 12.3. The first-order valence-electron chi connectivity index (χ1n) is 11.7. The molecular formula is C26H32N4O2. The Morgan fingerprint density at radius 1 is 1.00 bits per heavy atom. The van der Waals surface area contributed by atoms with E-state index in [0.717, 1.165) is 42.9 Å². The van der Waals surface area contributed by atoms with E-state index in [2.05, 4.69) is 38.1 Å². The second kappa shape index (κ2) is 11.6. The number of pyridine rings is 1. The van der Waals surface area contributed by atoms with Gasteiger partial charge in [0.25, 0.3) is 5.56 Å². The Hall–Kier alpha value is -2.99. The molecule has 168 valence electrons. The minimum Gasteiger partial charge on any atom is -0.494 e. The van der Waals surface area contributed by atoms with E-state index < -0.39 is 0 Å². The van der Waals surface area contributed by atoms with Crippen LogP contribution in [-0.4, -0.2) is 39.5 Å². The molecule has 3 aromatic rings. The molecule has 1 N–H and O–H groups in total. The van der Waals surface area contributed by atoms with Gasteiger partial charge in [0.2, 0.25) is 0 Å². The van der Waals surface area contributed by atoms with Crippen molar-refractivity contribution in [1.29, 1.82) is 0 Å². The summed E-state index contributed by atoms with van der Waals surface area (Å²) in [4.78, 5) is 26.3. The zero-order valence-corrected chi connectivity index (χ0v) is 18.6. The maximum absolute atomic E-state index is 12.3. The number of likely N-dealkylation sites (tertiary alicyclic amines) is 1. The maximum atomic E-state index is 12.3. The lowest BCUT2D eigenvalue weighted by molar-refractivity contribution is 0.220. The summed E-state index contributed by atoms with van der Waals surface area (Å²) in [7, 11) is 0. The van der Waals surface area contributed by atoms with E-state index in [1.54, 1.807) is 18.6 Å². The highest BCUT2D eigenvalue weighted by Gasteiger charge is 2.10. The van der Waals surface area contributed by atoms with Crippen LogP contribution in [0, 0.1) is 0 Å². The molecule has 6 nitrogen and oxygen atoms in total. The first-order valence-corrected chi connectivity index (χ1v) is 11.7. The Morgan fingerprint density at radius 2 is 1.88 bits per heavy atom. The van der Waals surface area contributed by atoms with Crippen LogP contribution in [0.15, 0.2) is 59.8 Å². The Labute approximate surface area is 189 Å². The molecule has 0 radical (unpaired) electrons. The molecule has 0 amide bonds. The van der Waals surface area contributed by atoms with Crippen molar-refractivity contribution in [3.8, 4) is 5.75 Å². The second-order valence-electron chi connectivity index (χ2n) is 8.51. The van der Waals surface area contributed by atoms with Crippen molar-refractivity contribution in [3.63, 3.8) is 0 Å². The lowest BCUT2D eigenvalue weighted by atomic mass is 10.1. The van der Waals surface area contributed by atoms with E-state index >= 15 is 0 Å². The highest BCUT2D eigenvalue weighted by Crippen LogP contribution is 2.18. The van der Waals surface area contributed by atoms with E-state index in [0.29, 0.717) is 18.6 Å². The SMILES string of the molecule is O=c1[nH]c(CCCCOc2cccc(CN3CCCCC3)c2)ncc1Cc1cccnc1. The molecule has 3 heterocycles. The number of nitrogens with one attached hydrogen (secondary N) is 1. The molecule has 1 aliphatic rings. The van der Waals surface area contributed by atoms with Crippen molar-refractivity contribution in [3.05, 3.63) is 87.9 Å². The predicted octanol–water partition coefficient (Wildman–Crippen LogP) is 4.14. The Bertz CT molecular complexity index is 1030. The van der Waals surface area contributed by atoms with Gasteiger partial charge in [-0.25, -0.2) is 4.98 Å². The van der Waals surface area contributed by atoms with Gasteiger partial charge in [-0.3, -0.25) is 14.7 Å². The van der Waals surface area contributed by atoms with Crippen LogP contribution in [0.3, 0.4) is 0 Å². The zero-order valence-electron chi connectivity index (χ0n) is 18.6. The van der Waals surface area contributed by atoms with Gasteiger partial charge >= 0.3 is 0 Å². The van der Waals surface area contributed by atoms with Gasteiger partial charge in [0.15, 0.2) is 0 Å². The predicted molar refractivity (Wildman–Crippen MR) is 126 cm³/mol. The number of rotatable bonds is 10. The quantitative estimate of drug-likeness (QED) is 0.488. The summed E-state index contributed by atoms with van der Waals surface area (Å²) < 4.78 is 5.97. The Balaban J connectivity index is 1.19. The average molecular weight is 433 g/mol. The molecule has 0 spiro atoms. The molecule has 1 aliphatic heterocycles. The third kappa shape index (κ3) is 6.76. The molecule has 0 atom stereocenters. The monoisotopic (exact) mass is 432 g/mol. The van der Waals surface area contributed by atoms with Crippen LogP contribution in [0.2, 0.25) is 0 Å². The molecule has 4 rings (SSSR count). The lowest BCUT2D eigenvalue weighted by Gasteiger charge is -2.26. The topological polar surface area (TPSA) is 71.1 Å². The molecule has 1 saturated heterocycles. The number of unbranched alkanes of at least 4 members (excludes halogenated alkanes) is 1. The number of piperidine rings is 1. The summed E-state index contributed by atoms with van der Waals surface area (Å²) >= 11 is 0. The van der Waals surface area contributed by atoms with Crippen molar-refractivity contribution in [2.45, 2.75) is 51.5 Å². The minimum absolute atomic E-state index is 0.0689. The summed E-state index contributed by atoms with van der Waals surface area (Å²) in [6, 6.07) is 12.3. The first-order chi connectivity index (χ1) is 15.8. The summed E-state index contributed by atoms with van der Waals surface area (Å²) in [5.74, 6) is 1.67. The number of aromatic nitrogens is 3. The molecule has 32 heavy (non-hydrogen) atoms. The normalized spacial score (nSPS) is 14.4. The number of ether oxygens (including phenoxy) is 1. The van der Waals surface area contributed by atoms with Gasteiger partial charge in [0, 0.05) is 43.5 Å². The van der Waals surface area contributed by atoms with Crippen LogP contribution >= 0.6 is 0 Å². The van der Waals surface area contributed by atoms with Crippen molar-refractivity contribution < 1.29 is 4.74 Å². The molecule has 1 fully saturated rings. The Kier molecular flexibility index (Phi) is 8.04. The van der Waals surface area contributed by atoms with Gasteiger partial charge in [-0.2, -0.15) is 0 Å². The third-order valence-electron chi connectivity index (χ3n) is 5.87. The third-order valence-corrected chi connectivity index (χ3v) is 5.87. The summed E-state index contributed by atoms with van der Waals surface area (Å²) in [6.45, 7) is 4.07. The van der Waals surface area contributed by atoms with Crippen molar-refractivity contribution in [1.82, 2.24) is 19.9 Å². The number of H-pyrrole nitrogens is 1. The number of hydrogen-bond donors (Lipinski definition) is 1. The fourth-order valence-electron chi connectivity index (χ4n) is 4.13. The lowest BCUT2D eigenvalue weighted by Crippen LogP contribution is -2.29. The highest BCUT2D eigenvalue weighted by atomic mass is 16.5. The minimum atomic E-state index is -0.0689. The molecular weight excluding hydrogens is 400 g/mol. The van der Waals surface area contributed by atoms with Crippen LogP contribution in [0.1, 0.15) is 54.6 Å². The van der Waals surface area contributed by atoms with Gasteiger partial charge in [0.1, 0.15) is 11.6 Å². The van der Waals surface area contributed by atoms with Gasteiger partial charge in [-0.05, 0) is 68.1 Å². The maximum Gasteiger partial charge on any atom is 0.254 e. The fourth-order valence-corrected chi connectivity index (χ4v) is 4.13. The van der Waals surface area contributed by atoms with E-state index in [1.165, 1.54) is 37.9 Å². The van der Waals surface area contributed by atoms with E-state index in [1.807, 2.05) is 18.2 Å². The molecule has 0 unspecified atom stereocenters. The molecule has 0 bridgehead atoms. The summed E-state index contributed by atoms with van der Waals surface area (Å²) in [5, 5.41) is 0. The van der Waals surface area contributed by atoms with Crippen molar-refractivity contribution in [2.24, 2.45) is 0 Å². The molecule has 2 aromatic heterocycles. The Morgan fingerprint density at radius 3 is 2.69 bits per heavy atom. The number of benzene rings is 1. The van der Waals surface area contributed by atoms with Crippen molar-refractivity contribution >= 4 is 0 Å². The molecule has 0 saturated carbocycles. The number of aromatic amines is 1. The number of hydrogen-bond acceptors (Lipinski definition) is 5. The van der Waals surface area contributed by atoms with Crippen LogP contribution in [0.25, 0.3) is 0 Å². The summed E-state index contributed by atoms with van der Waals surface area (Å²) in [5.41, 5.74) is 2.91. The van der Waals surface area contributed by atoms with Crippen LogP contribution in [0.4, 0.5) is 0 Å². The average Bonchev–Trinajstić information content (AvgIpc) is 2.82. The second-order valence-corrected chi connectivity index (χ2v) is 8.51. The standard InChI is InChI=1S/C26H32N4O2/c31-26-23(16-21-9-7-12-27-18-21)19-28-25(29-26)11-2-5-15-32-24-10-6-8-22(17-24)20-30-13-3-1-4-14-30/h6-10,12,17-19H,1-5,11,13-16,20H2,(H,28,29,31). The smallest absolute Gasteiger partial charge is 0.254 e. The molecule has 0 aliphatic carbocycles.